The molecule has 2 aromatic rings. The van der Waals surface area contributed by atoms with Gasteiger partial charge in [0.1, 0.15) is 11.9 Å². The van der Waals surface area contributed by atoms with Gasteiger partial charge in [0.25, 0.3) is 10.0 Å². The van der Waals surface area contributed by atoms with E-state index in [1.807, 2.05) is 32.0 Å². The number of nitrogens with one attached hydrogen (secondary N) is 2. The van der Waals surface area contributed by atoms with Crippen LogP contribution in [0.3, 0.4) is 0 Å². The van der Waals surface area contributed by atoms with Gasteiger partial charge in [-0.05, 0) is 30.2 Å². The maximum atomic E-state index is 12.8. The summed E-state index contributed by atoms with van der Waals surface area (Å²) >= 11 is 0. The highest BCUT2D eigenvalue weighted by Crippen LogP contribution is 2.24. The molecule has 0 saturated carbocycles. The van der Waals surface area contributed by atoms with Crippen LogP contribution >= 0.6 is 0 Å². The molecule has 7 heteroatoms. The molecule has 1 amide bonds. The number of anilines is 1. The van der Waals surface area contributed by atoms with Gasteiger partial charge in [0.2, 0.25) is 5.91 Å². The molecule has 0 bridgehead atoms. The summed E-state index contributed by atoms with van der Waals surface area (Å²) in [6, 6.07) is 15.1. The van der Waals surface area contributed by atoms with Crippen LogP contribution in [0.2, 0.25) is 0 Å². The van der Waals surface area contributed by atoms with E-state index in [0.29, 0.717) is 11.3 Å². The van der Waals surface area contributed by atoms with Gasteiger partial charge in [0.05, 0.1) is 4.90 Å². The molecule has 0 saturated heterocycles. The Kier molecular flexibility index (Phi) is 5.08. The highest BCUT2D eigenvalue weighted by atomic mass is 32.2. The second-order valence-electron chi connectivity index (χ2n) is 6.27. The lowest BCUT2D eigenvalue weighted by molar-refractivity contribution is -0.118. The van der Waals surface area contributed by atoms with Gasteiger partial charge < -0.3 is 5.32 Å². The summed E-state index contributed by atoms with van der Waals surface area (Å²) in [5.41, 5.74) is 1.17. The van der Waals surface area contributed by atoms with Gasteiger partial charge in [-0.25, -0.2) is 8.42 Å². The van der Waals surface area contributed by atoms with Crippen LogP contribution in [-0.4, -0.2) is 26.2 Å². The van der Waals surface area contributed by atoms with Crippen molar-refractivity contribution in [3.05, 3.63) is 60.2 Å². The first-order chi connectivity index (χ1) is 12.4. The van der Waals surface area contributed by atoms with Gasteiger partial charge in [-0.1, -0.05) is 50.6 Å². The SMILES string of the molecule is CC[C@H](C)[C@H](N=C1NS(=O)(=O)c2ccccc21)C(=O)Nc1ccccc1. The smallest absolute Gasteiger partial charge is 0.263 e. The lowest BCUT2D eigenvalue weighted by Crippen LogP contribution is -2.34. The van der Waals surface area contributed by atoms with E-state index in [9.17, 15) is 13.2 Å². The van der Waals surface area contributed by atoms with E-state index >= 15 is 0 Å². The number of fused-ring (bicyclic) bond motifs is 1. The molecule has 1 aliphatic rings. The van der Waals surface area contributed by atoms with Crippen LogP contribution < -0.4 is 10.0 Å². The maximum Gasteiger partial charge on any atom is 0.263 e. The number of carbonyl (C=O) groups is 1. The first-order valence-corrected chi connectivity index (χ1v) is 9.96. The molecule has 26 heavy (non-hydrogen) atoms. The van der Waals surface area contributed by atoms with Gasteiger partial charge in [-0.3, -0.25) is 14.5 Å². The zero-order valence-electron chi connectivity index (χ0n) is 14.6. The number of sulfonamides is 1. The van der Waals surface area contributed by atoms with Crippen molar-refractivity contribution in [2.75, 3.05) is 5.32 Å². The molecule has 0 aliphatic carbocycles. The largest absolute Gasteiger partial charge is 0.324 e. The normalized spacial score (nSPS) is 18.6. The second-order valence-corrected chi connectivity index (χ2v) is 7.92. The van der Waals surface area contributed by atoms with Crippen LogP contribution in [0, 0.1) is 5.92 Å². The third-order valence-corrected chi connectivity index (χ3v) is 5.82. The molecular formula is C19H21N3O3S. The number of para-hydroxylation sites is 1. The van der Waals surface area contributed by atoms with Crippen molar-refractivity contribution in [2.45, 2.75) is 31.2 Å². The van der Waals surface area contributed by atoms with E-state index in [1.165, 1.54) is 6.07 Å². The van der Waals surface area contributed by atoms with E-state index in [0.717, 1.165) is 6.42 Å². The molecule has 3 rings (SSSR count). The molecule has 1 heterocycles. The lowest BCUT2D eigenvalue weighted by Gasteiger charge is -2.19. The minimum Gasteiger partial charge on any atom is -0.324 e. The zero-order chi connectivity index (χ0) is 18.7. The van der Waals surface area contributed by atoms with E-state index in [1.54, 1.807) is 30.3 Å². The highest BCUT2D eigenvalue weighted by molar-refractivity contribution is 7.90. The molecule has 0 spiro atoms. The molecule has 136 valence electrons. The van der Waals surface area contributed by atoms with E-state index in [2.05, 4.69) is 15.0 Å². The summed E-state index contributed by atoms with van der Waals surface area (Å²) in [5, 5.41) is 2.85. The molecule has 2 N–H and O–H groups in total. The summed E-state index contributed by atoms with van der Waals surface area (Å²) in [4.78, 5) is 17.5. The number of hydrogen-bond donors (Lipinski definition) is 2. The fourth-order valence-corrected chi connectivity index (χ4v) is 4.01. The highest BCUT2D eigenvalue weighted by Gasteiger charge is 2.33. The predicted molar refractivity (Wildman–Crippen MR) is 102 cm³/mol. The zero-order valence-corrected chi connectivity index (χ0v) is 15.5. The van der Waals surface area contributed by atoms with E-state index in [-0.39, 0.29) is 22.6 Å². The third-order valence-electron chi connectivity index (χ3n) is 4.42. The number of benzene rings is 2. The van der Waals surface area contributed by atoms with Crippen molar-refractivity contribution in [3.63, 3.8) is 0 Å². The Hall–Kier alpha value is -2.67. The van der Waals surface area contributed by atoms with Crippen LogP contribution in [-0.2, 0) is 14.8 Å². The predicted octanol–water partition coefficient (Wildman–Crippen LogP) is 2.78. The molecule has 0 unspecified atom stereocenters. The molecule has 2 aromatic carbocycles. The number of amides is 1. The van der Waals surface area contributed by atoms with Crippen LogP contribution in [0.1, 0.15) is 25.8 Å². The van der Waals surface area contributed by atoms with Crippen LogP contribution in [0.15, 0.2) is 64.5 Å². The summed E-state index contributed by atoms with van der Waals surface area (Å²) in [7, 11) is -3.63. The topological polar surface area (TPSA) is 87.6 Å². The first kappa shape index (κ1) is 18.1. The van der Waals surface area contributed by atoms with Crippen molar-refractivity contribution < 1.29 is 13.2 Å². The fraction of sp³-hybridized carbons (Fsp3) is 0.263. The number of carbonyl (C=O) groups excluding carboxylic acids is 1. The van der Waals surface area contributed by atoms with Gasteiger partial charge >= 0.3 is 0 Å². The summed E-state index contributed by atoms with van der Waals surface area (Å²) in [5.74, 6) is -0.0979. The Morgan fingerprint density at radius 2 is 1.77 bits per heavy atom. The average molecular weight is 371 g/mol. The molecule has 0 fully saturated rings. The quantitative estimate of drug-likeness (QED) is 0.847. The van der Waals surface area contributed by atoms with Crippen molar-refractivity contribution in [1.29, 1.82) is 0 Å². The summed E-state index contributed by atoms with van der Waals surface area (Å²) in [6.07, 6.45) is 0.734. The van der Waals surface area contributed by atoms with Crippen molar-refractivity contribution in [1.82, 2.24) is 4.72 Å². The molecule has 2 atom stereocenters. The summed E-state index contributed by atoms with van der Waals surface area (Å²) in [6.45, 7) is 3.90. The Morgan fingerprint density at radius 1 is 1.12 bits per heavy atom. The van der Waals surface area contributed by atoms with Gasteiger partial charge in [-0.15, -0.1) is 0 Å². The number of amidine groups is 1. The standard InChI is InChI=1S/C19H21N3O3S/c1-3-13(2)17(19(23)20-14-9-5-4-6-10-14)21-18-15-11-7-8-12-16(15)26(24,25)22-18/h4-13,17H,3H2,1-2H3,(H,20,23)(H,21,22)/t13-,17-/m0/s1. The molecule has 6 nitrogen and oxygen atoms in total. The molecule has 0 radical (unpaired) electrons. The monoisotopic (exact) mass is 371 g/mol. The first-order valence-electron chi connectivity index (χ1n) is 8.48. The second kappa shape index (κ2) is 7.29. The Bertz CT molecular complexity index is 940. The Morgan fingerprint density at radius 3 is 2.46 bits per heavy atom. The Labute approximate surface area is 153 Å². The van der Waals surface area contributed by atoms with Gasteiger partial charge in [-0.2, -0.15) is 0 Å². The maximum absolute atomic E-state index is 12.8. The molecule has 0 aromatic heterocycles. The molecule has 1 aliphatic heterocycles. The number of nitrogens with zero attached hydrogens (tertiary/aromatic N) is 1. The van der Waals surface area contributed by atoms with Crippen molar-refractivity contribution >= 4 is 27.5 Å². The molecular weight excluding hydrogens is 350 g/mol. The lowest BCUT2D eigenvalue weighted by atomic mass is 9.98. The minimum atomic E-state index is -3.63. The van der Waals surface area contributed by atoms with E-state index in [4.69, 9.17) is 0 Å². The van der Waals surface area contributed by atoms with E-state index < -0.39 is 16.1 Å². The minimum absolute atomic E-state index is 0.0523. The number of aliphatic imine (C=N–C) groups is 1. The van der Waals surface area contributed by atoms with Crippen molar-refractivity contribution in [3.8, 4) is 0 Å². The van der Waals surface area contributed by atoms with Crippen LogP contribution in [0.4, 0.5) is 5.69 Å². The summed E-state index contributed by atoms with van der Waals surface area (Å²) < 4.78 is 27.0. The Balaban J connectivity index is 1.95. The van der Waals surface area contributed by atoms with Crippen molar-refractivity contribution in [2.24, 2.45) is 10.9 Å². The number of hydrogen-bond acceptors (Lipinski definition) is 4. The van der Waals surface area contributed by atoms with Crippen LogP contribution in [0.25, 0.3) is 0 Å². The van der Waals surface area contributed by atoms with Gasteiger partial charge in [0.15, 0.2) is 0 Å². The fourth-order valence-electron chi connectivity index (χ4n) is 2.77. The average Bonchev–Trinajstić information content (AvgIpc) is 2.90. The van der Waals surface area contributed by atoms with Gasteiger partial charge in [0, 0.05) is 11.3 Å². The van der Waals surface area contributed by atoms with Crippen LogP contribution in [0.5, 0.6) is 0 Å². The third kappa shape index (κ3) is 3.62. The number of rotatable bonds is 5.